The summed E-state index contributed by atoms with van der Waals surface area (Å²) in [4.78, 5) is 32.3. The Morgan fingerprint density at radius 1 is 1.21 bits per heavy atom. The number of carbonyl (C=O) groups is 2. The van der Waals surface area contributed by atoms with Crippen molar-refractivity contribution >= 4 is 17.8 Å². The van der Waals surface area contributed by atoms with Gasteiger partial charge in [-0.3, -0.25) is 4.79 Å². The zero-order chi connectivity index (χ0) is 24.2. The molecular formula is C25H34N4O4. The Hall–Kier alpha value is -3.13. The number of ether oxygens (including phenoxy) is 1. The first-order chi connectivity index (χ1) is 15.5. The van der Waals surface area contributed by atoms with Gasteiger partial charge in [-0.25, -0.2) is 9.78 Å². The van der Waals surface area contributed by atoms with Crippen LogP contribution in [0.15, 0.2) is 42.6 Å². The van der Waals surface area contributed by atoms with E-state index in [0.29, 0.717) is 29.9 Å². The van der Waals surface area contributed by atoms with Gasteiger partial charge < -0.3 is 25.0 Å². The maximum Gasteiger partial charge on any atom is 0.412 e. The van der Waals surface area contributed by atoms with Crippen molar-refractivity contribution in [1.29, 1.82) is 0 Å². The highest BCUT2D eigenvalue weighted by Gasteiger charge is 2.31. The van der Waals surface area contributed by atoms with Gasteiger partial charge in [-0.05, 0) is 69.9 Å². The zero-order valence-electron chi connectivity index (χ0n) is 20.0. The van der Waals surface area contributed by atoms with Crippen molar-refractivity contribution in [3.63, 3.8) is 0 Å². The summed E-state index contributed by atoms with van der Waals surface area (Å²) in [7, 11) is 3.44. The third kappa shape index (κ3) is 6.68. The molecule has 2 amide bonds. The summed E-state index contributed by atoms with van der Waals surface area (Å²) in [6.07, 6.45) is 1.98. The van der Waals surface area contributed by atoms with Gasteiger partial charge >= 0.3 is 6.09 Å². The van der Waals surface area contributed by atoms with E-state index >= 15 is 0 Å². The normalized spacial score (nSPS) is 16.9. The molecule has 1 aromatic carbocycles. The standard InChI is InChI=1S/C25H34N4O4/c1-25(2,3)27-21-13-12-19(16-26-21)23(31)33-24(32)29-14-6-7-20(29)15-17-8-10-18(11-9-17)22(30)28(4)5/h8-13,16,20,23,31H,6-7,14-15H2,1-5H3,(H,26,27)/t20?,23-/m1/s1. The van der Waals surface area contributed by atoms with E-state index in [2.05, 4.69) is 10.3 Å². The SMILES string of the molecule is CN(C)C(=O)c1ccc(CC2CCCN2C(=O)O[C@@H](O)c2ccc(NC(C)(C)C)nc2)cc1. The molecule has 33 heavy (non-hydrogen) atoms. The number of nitrogens with zero attached hydrogens (tertiary/aromatic N) is 3. The Morgan fingerprint density at radius 2 is 1.91 bits per heavy atom. The fourth-order valence-corrected chi connectivity index (χ4v) is 3.84. The van der Waals surface area contributed by atoms with E-state index in [1.807, 2.05) is 45.0 Å². The summed E-state index contributed by atoms with van der Waals surface area (Å²) in [5, 5.41) is 13.7. The second kappa shape index (κ2) is 10.2. The number of likely N-dealkylation sites (tertiary alicyclic amines) is 1. The van der Waals surface area contributed by atoms with E-state index in [1.54, 1.807) is 36.0 Å². The molecule has 0 spiro atoms. The first kappa shape index (κ1) is 24.5. The quantitative estimate of drug-likeness (QED) is 0.644. The number of pyridine rings is 1. The number of hydrogen-bond acceptors (Lipinski definition) is 6. The average Bonchev–Trinajstić information content (AvgIpc) is 3.21. The molecule has 3 rings (SSSR count). The van der Waals surface area contributed by atoms with E-state index in [-0.39, 0.29) is 17.5 Å². The molecule has 0 aliphatic carbocycles. The Morgan fingerprint density at radius 3 is 2.48 bits per heavy atom. The van der Waals surface area contributed by atoms with Crippen LogP contribution in [0.1, 0.15) is 61.4 Å². The molecular weight excluding hydrogens is 420 g/mol. The number of hydrogen-bond donors (Lipinski definition) is 2. The number of aliphatic hydroxyl groups is 1. The molecule has 178 valence electrons. The molecule has 1 saturated heterocycles. The predicted octanol–water partition coefficient (Wildman–Crippen LogP) is 3.83. The molecule has 0 radical (unpaired) electrons. The molecule has 1 aliphatic heterocycles. The van der Waals surface area contributed by atoms with Crippen molar-refractivity contribution in [3.05, 3.63) is 59.3 Å². The minimum Gasteiger partial charge on any atom is -0.415 e. The van der Waals surface area contributed by atoms with E-state index < -0.39 is 12.4 Å². The maximum absolute atomic E-state index is 12.8. The van der Waals surface area contributed by atoms with Crippen LogP contribution in [0.25, 0.3) is 0 Å². The van der Waals surface area contributed by atoms with Gasteiger partial charge in [0.1, 0.15) is 5.82 Å². The van der Waals surface area contributed by atoms with Gasteiger partial charge in [-0.15, -0.1) is 0 Å². The van der Waals surface area contributed by atoms with Crippen LogP contribution in [0.5, 0.6) is 0 Å². The molecule has 1 fully saturated rings. The van der Waals surface area contributed by atoms with Crippen molar-refractivity contribution in [2.75, 3.05) is 26.0 Å². The van der Waals surface area contributed by atoms with E-state index in [0.717, 1.165) is 18.4 Å². The number of carbonyl (C=O) groups excluding carboxylic acids is 2. The summed E-state index contributed by atoms with van der Waals surface area (Å²) < 4.78 is 5.34. The topological polar surface area (TPSA) is 95.0 Å². The number of nitrogens with one attached hydrogen (secondary N) is 1. The number of rotatable bonds is 6. The van der Waals surface area contributed by atoms with Crippen molar-refractivity contribution in [1.82, 2.24) is 14.8 Å². The molecule has 1 aliphatic rings. The third-order valence-electron chi connectivity index (χ3n) is 5.48. The van der Waals surface area contributed by atoms with Gasteiger partial charge in [0, 0.05) is 49.5 Å². The fourth-order valence-electron chi connectivity index (χ4n) is 3.84. The molecule has 2 atom stereocenters. The molecule has 8 heteroatoms. The Bertz CT molecular complexity index is 952. The van der Waals surface area contributed by atoms with Crippen LogP contribution in [-0.4, -0.2) is 64.1 Å². The lowest BCUT2D eigenvalue weighted by Crippen LogP contribution is -2.37. The number of amides is 2. The van der Waals surface area contributed by atoms with Gasteiger partial charge in [0.05, 0.1) is 0 Å². The first-order valence-electron chi connectivity index (χ1n) is 11.2. The highest BCUT2D eigenvalue weighted by molar-refractivity contribution is 5.93. The maximum atomic E-state index is 12.8. The zero-order valence-corrected chi connectivity index (χ0v) is 20.0. The van der Waals surface area contributed by atoms with E-state index in [4.69, 9.17) is 4.74 Å². The lowest BCUT2D eigenvalue weighted by Gasteiger charge is -2.26. The van der Waals surface area contributed by atoms with Crippen LogP contribution in [0.2, 0.25) is 0 Å². The van der Waals surface area contributed by atoms with Gasteiger partial charge in [0.25, 0.3) is 5.91 Å². The number of aliphatic hydroxyl groups excluding tert-OH is 1. The van der Waals surface area contributed by atoms with E-state index in [1.165, 1.54) is 6.20 Å². The molecule has 8 nitrogen and oxygen atoms in total. The lowest BCUT2D eigenvalue weighted by atomic mass is 10.0. The smallest absolute Gasteiger partial charge is 0.412 e. The molecule has 1 unspecified atom stereocenters. The van der Waals surface area contributed by atoms with Crippen molar-refractivity contribution in [3.8, 4) is 0 Å². The predicted molar refractivity (Wildman–Crippen MR) is 127 cm³/mol. The van der Waals surface area contributed by atoms with Crippen LogP contribution < -0.4 is 5.32 Å². The minimum atomic E-state index is -1.38. The largest absolute Gasteiger partial charge is 0.415 e. The monoisotopic (exact) mass is 454 g/mol. The van der Waals surface area contributed by atoms with Crippen LogP contribution >= 0.6 is 0 Å². The summed E-state index contributed by atoms with van der Waals surface area (Å²) in [5.41, 5.74) is 1.96. The highest BCUT2D eigenvalue weighted by Crippen LogP contribution is 2.25. The van der Waals surface area contributed by atoms with Crippen LogP contribution in [0.3, 0.4) is 0 Å². The average molecular weight is 455 g/mol. The Balaban J connectivity index is 1.58. The highest BCUT2D eigenvalue weighted by atomic mass is 16.6. The second-order valence-corrected chi connectivity index (χ2v) is 9.68. The number of aromatic nitrogens is 1. The number of benzene rings is 1. The molecule has 0 bridgehead atoms. The van der Waals surface area contributed by atoms with Gasteiger partial charge in [0.2, 0.25) is 6.29 Å². The molecule has 2 heterocycles. The first-order valence-corrected chi connectivity index (χ1v) is 11.2. The van der Waals surface area contributed by atoms with Crippen LogP contribution in [0.4, 0.5) is 10.6 Å². The van der Waals surface area contributed by atoms with Gasteiger partial charge in [0.15, 0.2) is 0 Å². The third-order valence-corrected chi connectivity index (χ3v) is 5.48. The minimum absolute atomic E-state index is 0.0170. The van der Waals surface area contributed by atoms with Crippen molar-refractivity contribution < 1.29 is 19.4 Å². The molecule has 1 aromatic heterocycles. The summed E-state index contributed by atoms with van der Waals surface area (Å²) in [5.74, 6) is 0.640. The van der Waals surface area contributed by atoms with Crippen molar-refractivity contribution in [2.45, 2.75) is 57.9 Å². The summed E-state index contributed by atoms with van der Waals surface area (Å²) in [6.45, 7) is 6.68. The van der Waals surface area contributed by atoms with Crippen LogP contribution in [-0.2, 0) is 11.2 Å². The summed E-state index contributed by atoms with van der Waals surface area (Å²) in [6, 6.07) is 10.9. The molecule has 2 N–H and O–H groups in total. The van der Waals surface area contributed by atoms with E-state index in [9.17, 15) is 14.7 Å². The van der Waals surface area contributed by atoms with Gasteiger partial charge in [-0.2, -0.15) is 0 Å². The Kier molecular flexibility index (Phi) is 7.58. The lowest BCUT2D eigenvalue weighted by molar-refractivity contribution is -0.0681. The Labute approximate surface area is 195 Å². The fraction of sp³-hybridized carbons (Fsp3) is 0.480. The van der Waals surface area contributed by atoms with Gasteiger partial charge in [-0.1, -0.05) is 12.1 Å². The van der Waals surface area contributed by atoms with Crippen LogP contribution in [0, 0.1) is 0 Å². The molecule has 2 aromatic rings. The number of anilines is 1. The summed E-state index contributed by atoms with van der Waals surface area (Å²) >= 11 is 0. The second-order valence-electron chi connectivity index (χ2n) is 9.68. The molecule has 0 saturated carbocycles. The van der Waals surface area contributed by atoms with Crippen molar-refractivity contribution in [2.24, 2.45) is 0 Å².